The molecule has 0 bridgehead atoms. The molecule has 5 heteroatoms. The minimum absolute atomic E-state index is 0.274. The van der Waals surface area contributed by atoms with Crippen molar-refractivity contribution in [1.29, 1.82) is 0 Å². The van der Waals surface area contributed by atoms with Gasteiger partial charge in [-0.1, -0.05) is 26.7 Å². The van der Waals surface area contributed by atoms with E-state index < -0.39 is 10.0 Å². The van der Waals surface area contributed by atoms with Gasteiger partial charge in [-0.3, -0.25) is 0 Å². The third-order valence-corrected chi connectivity index (χ3v) is 7.01. The van der Waals surface area contributed by atoms with E-state index >= 15 is 0 Å². The SMILES string of the molecule is CC(C)CCN(C1CCCC1)S(=O)(=O)CC1CCNCC1. The predicted octanol–water partition coefficient (Wildman–Crippen LogP) is 2.61. The van der Waals surface area contributed by atoms with Crippen molar-refractivity contribution in [2.45, 2.75) is 64.8 Å². The van der Waals surface area contributed by atoms with Crippen LogP contribution in [0.4, 0.5) is 0 Å². The third kappa shape index (κ3) is 5.22. The summed E-state index contributed by atoms with van der Waals surface area (Å²) in [6.45, 7) is 7.00. The Balaban J connectivity index is 2.01. The van der Waals surface area contributed by atoms with Crippen LogP contribution in [0.2, 0.25) is 0 Å². The summed E-state index contributed by atoms with van der Waals surface area (Å²) in [6.07, 6.45) is 7.47. The average molecular weight is 317 g/mol. The minimum Gasteiger partial charge on any atom is -0.317 e. The lowest BCUT2D eigenvalue weighted by atomic mass is 10.0. The second-order valence-corrected chi connectivity index (χ2v) is 9.17. The van der Waals surface area contributed by atoms with Gasteiger partial charge in [-0.05, 0) is 57.0 Å². The van der Waals surface area contributed by atoms with Crippen LogP contribution >= 0.6 is 0 Å². The van der Waals surface area contributed by atoms with Gasteiger partial charge in [-0.25, -0.2) is 8.42 Å². The fourth-order valence-electron chi connectivity index (χ4n) is 3.57. The number of piperidine rings is 1. The lowest BCUT2D eigenvalue weighted by molar-refractivity contribution is 0.298. The molecule has 0 radical (unpaired) electrons. The zero-order valence-electron chi connectivity index (χ0n) is 13.7. The van der Waals surface area contributed by atoms with Gasteiger partial charge >= 0.3 is 0 Å². The summed E-state index contributed by atoms with van der Waals surface area (Å²) in [7, 11) is -3.10. The Morgan fingerprint density at radius 3 is 2.29 bits per heavy atom. The Morgan fingerprint density at radius 2 is 1.71 bits per heavy atom. The Kier molecular flexibility index (Phi) is 6.51. The van der Waals surface area contributed by atoms with Gasteiger partial charge in [0.05, 0.1) is 5.75 Å². The molecule has 2 aliphatic rings. The molecule has 4 nitrogen and oxygen atoms in total. The van der Waals surface area contributed by atoms with Gasteiger partial charge in [0.2, 0.25) is 10.0 Å². The topological polar surface area (TPSA) is 49.4 Å². The molecule has 1 N–H and O–H groups in total. The van der Waals surface area contributed by atoms with Crippen molar-refractivity contribution in [3.05, 3.63) is 0 Å². The van der Waals surface area contributed by atoms with Crippen molar-refractivity contribution >= 4 is 10.0 Å². The predicted molar refractivity (Wildman–Crippen MR) is 87.8 cm³/mol. The molecule has 2 rings (SSSR count). The lowest BCUT2D eigenvalue weighted by Gasteiger charge is -2.31. The summed E-state index contributed by atoms with van der Waals surface area (Å²) in [5.41, 5.74) is 0. The maximum Gasteiger partial charge on any atom is 0.214 e. The molecule has 0 amide bonds. The Morgan fingerprint density at radius 1 is 1.10 bits per heavy atom. The molecule has 2 fully saturated rings. The van der Waals surface area contributed by atoms with Gasteiger partial charge in [0.25, 0.3) is 0 Å². The van der Waals surface area contributed by atoms with Crippen molar-refractivity contribution < 1.29 is 8.42 Å². The lowest BCUT2D eigenvalue weighted by Crippen LogP contribution is -2.43. The minimum atomic E-state index is -3.10. The number of hydrogen-bond acceptors (Lipinski definition) is 3. The Labute approximate surface area is 130 Å². The van der Waals surface area contributed by atoms with Crippen LogP contribution in [0.25, 0.3) is 0 Å². The van der Waals surface area contributed by atoms with Gasteiger partial charge in [0, 0.05) is 12.6 Å². The van der Waals surface area contributed by atoms with E-state index in [9.17, 15) is 8.42 Å². The average Bonchev–Trinajstić information content (AvgIpc) is 2.92. The molecule has 124 valence electrons. The molecule has 0 unspecified atom stereocenters. The van der Waals surface area contributed by atoms with Crippen LogP contribution in [0.5, 0.6) is 0 Å². The molecule has 0 aromatic rings. The van der Waals surface area contributed by atoms with E-state index in [0.717, 1.165) is 51.7 Å². The zero-order valence-corrected chi connectivity index (χ0v) is 14.5. The van der Waals surface area contributed by atoms with E-state index in [-0.39, 0.29) is 6.04 Å². The van der Waals surface area contributed by atoms with Crippen LogP contribution in [0, 0.1) is 11.8 Å². The second-order valence-electron chi connectivity index (χ2n) is 7.20. The fraction of sp³-hybridized carbons (Fsp3) is 1.00. The van der Waals surface area contributed by atoms with E-state index in [2.05, 4.69) is 19.2 Å². The van der Waals surface area contributed by atoms with Crippen molar-refractivity contribution in [3.8, 4) is 0 Å². The molecular formula is C16H32N2O2S. The van der Waals surface area contributed by atoms with Crippen molar-refractivity contribution in [2.24, 2.45) is 11.8 Å². The van der Waals surface area contributed by atoms with Gasteiger partial charge < -0.3 is 5.32 Å². The molecule has 0 atom stereocenters. The monoisotopic (exact) mass is 316 g/mol. The second kappa shape index (κ2) is 7.93. The quantitative estimate of drug-likeness (QED) is 0.785. The molecule has 0 spiro atoms. The van der Waals surface area contributed by atoms with E-state index in [0.29, 0.717) is 17.6 Å². The first-order valence-electron chi connectivity index (χ1n) is 8.69. The highest BCUT2D eigenvalue weighted by atomic mass is 32.2. The van der Waals surface area contributed by atoms with E-state index in [4.69, 9.17) is 0 Å². The largest absolute Gasteiger partial charge is 0.317 e. The summed E-state index contributed by atoms with van der Waals surface area (Å²) >= 11 is 0. The molecule has 1 saturated heterocycles. The number of hydrogen-bond donors (Lipinski definition) is 1. The van der Waals surface area contributed by atoms with E-state index in [1.54, 1.807) is 0 Å². The molecule has 1 heterocycles. The maximum absolute atomic E-state index is 12.9. The first kappa shape index (κ1) is 17.2. The van der Waals surface area contributed by atoms with Crippen LogP contribution in [0.3, 0.4) is 0 Å². The third-order valence-electron chi connectivity index (χ3n) is 4.92. The summed E-state index contributed by atoms with van der Waals surface area (Å²) < 4.78 is 27.7. The molecule has 1 aliphatic heterocycles. The van der Waals surface area contributed by atoms with Crippen molar-refractivity contribution in [2.75, 3.05) is 25.4 Å². The fourth-order valence-corrected chi connectivity index (χ4v) is 5.74. The molecular weight excluding hydrogens is 284 g/mol. The normalized spacial score (nSPS) is 22.5. The molecule has 0 aromatic carbocycles. The van der Waals surface area contributed by atoms with Gasteiger partial charge in [-0.2, -0.15) is 4.31 Å². The summed E-state index contributed by atoms with van der Waals surface area (Å²) in [5, 5.41) is 3.32. The number of sulfonamides is 1. The first-order chi connectivity index (χ1) is 9.99. The zero-order chi connectivity index (χ0) is 15.3. The summed E-state index contributed by atoms with van der Waals surface area (Å²) in [4.78, 5) is 0. The first-order valence-corrected chi connectivity index (χ1v) is 10.3. The van der Waals surface area contributed by atoms with E-state index in [1.165, 1.54) is 12.8 Å². The van der Waals surface area contributed by atoms with Gasteiger partial charge in [0.1, 0.15) is 0 Å². The van der Waals surface area contributed by atoms with Gasteiger partial charge in [0.15, 0.2) is 0 Å². The van der Waals surface area contributed by atoms with Crippen molar-refractivity contribution in [1.82, 2.24) is 9.62 Å². The van der Waals surface area contributed by atoms with Crippen LogP contribution in [0.1, 0.15) is 58.8 Å². The van der Waals surface area contributed by atoms with E-state index in [1.807, 2.05) is 4.31 Å². The molecule has 21 heavy (non-hydrogen) atoms. The summed E-state index contributed by atoms with van der Waals surface area (Å²) in [6, 6.07) is 0.274. The van der Waals surface area contributed by atoms with Crippen LogP contribution in [-0.4, -0.2) is 44.2 Å². The molecule has 1 aliphatic carbocycles. The van der Waals surface area contributed by atoms with Crippen LogP contribution in [-0.2, 0) is 10.0 Å². The Hall–Kier alpha value is -0.130. The van der Waals surface area contributed by atoms with Crippen molar-refractivity contribution in [3.63, 3.8) is 0 Å². The maximum atomic E-state index is 12.9. The molecule has 0 aromatic heterocycles. The highest BCUT2D eigenvalue weighted by Gasteiger charge is 2.33. The van der Waals surface area contributed by atoms with Crippen LogP contribution < -0.4 is 5.32 Å². The van der Waals surface area contributed by atoms with Crippen LogP contribution in [0.15, 0.2) is 0 Å². The number of nitrogens with zero attached hydrogens (tertiary/aromatic N) is 1. The molecule has 1 saturated carbocycles. The standard InChI is InChI=1S/C16H32N2O2S/c1-14(2)9-12-18(16-5-3-4-6-16)21(19,20)13-15-7-10-17-11-8-15/h14-17H,3-13H2,1-2H3. The van der Waals surface area contributed by atoms with Gasteiger partial charge in [-0.15, -0.1) is 0 Å². The number of nitrogens with one attached hydrogen (secondary N) is 1. The highest BCUT2D eigenvalue weighted by Crippen LogP contribution is 2.28. The Bertz CT molecular complexity index is 397. The summed E-state index contributed by atoms with van der Waals surface area (Å²) in [5.74, 6) is 1.27. The number of rotatable bonds is 7. The smallest absolute Gasteiger partial charge is 0.214 e. The highest BCUT2D eigenvalue weighted by molar-refractivity contribution is 7.89.